The molecule has 2 heterocycles. The molecule has 0 aliphatic rings. The second kappa shape index (κ2) is 13.8. The summed E-state index contributed by atoms with van der Waals surface area (Å²) < 4.78 is 0. The molecular weight excluding hydrogens is 731 g/mol. The molecule has 0 aliphatic carbocycles. The molecule has 0 spiro atoms. The summed E-state index contributed by atoms with van der Waals surface area (Å²) in [5.41, 5.74) is 8.90. The summed E-state index contributed by atoms with van der Waals surface area (Å²) in [6, 6.07) is 66.9. The molecule has 12 rings (SSSR count). The van der Waals surface area contributed by atoms with Crippen LogP contribution in [-0.2, 0) is 0 Å². The fraction of sp³-hybridized carbons (Fsp3) is 0. The van der Waals surface area contributed by atoms with Crippen LogP contribution in [0, 0.1) is 0 Å². The minimum Gasteiger partial charge on any atom is -0.253 e. The van der Waals surface area contributed by atoms with Gasteiger partial charge in [0.2, 0.25) is 0 Å². The van der Waals surface area contributed by atoms with Crippen LogP contribution in [0.5, 0.6) is 0 Å². The molecule has 0 atom stereocenters. The number of fused-ring (bicyclic) bond motifs is 8. The maximum Gasteiger partial charge on any atom is 0.164 e. The molecule has 0 radical (unpaired) electrons. The number of rotatable bonds is 5. The van der Waals surface area contributed by atoms with E-state index in [1.165, 1.54) is 43.1 Å². The van der Waals surface area contributed by atoms with Crippen LogP contribution in [0.1, 0.15) is 0 Å². The van der Waals surface area contributed by atoms with Crippen LogP contribution in [0.15, 0.2) is 200 Å². The van der Waals surface area contributed by atoms with Gasteiger partial charge in [-0.2, -0.15) is 0 Å². The minimum atomic E-state index is 0.597. The van der Waals surface area contributed by atoms with Gasteiger partial charge in [-0.05, 0) is 125 Å². The van der Waals surface area contributed by atoms with Crippen LogP contribution in [0.4, 0.5) is 0 Å². The Balaban J connectivity index is 1.14. The smallest absolute Gasteiger partial charge is 0.164 e. The van der Waals surface area contributed by atoms with Crippen molar-refractivity contribution in [3.63, 3.8) is 0 Å². The van der Waals surface area contributed by atoms with E-state index < -0.39 is 0 Å². The lowest BCUT2D eigenvalue weighted by Crippen LogP contribution is -2.01. The monoisotopic (exact) mass is 763 g/mol. The van der Waals surface area contributed by atoms with Crippen molar-refractivity contribution in [3.05, 3.63) is 200 Å². The zero-order valence-corrected chi connectivity index (χ0v) is 32.3. The third-order valence-electron chi connectivity index (χ3n) is 11.7. The summed E-state index contributed by atoms with van der Waals surface area (Å²) >= 11 is 0. The van der Waals surface area contributed by atoms with Gasteiger partial charge in [0.1, 0.15) is 0 Å². The Hall–Kier alpha value is -8.15. The fourth-order valence-electron chi connectivity index (χ4n) is 8.85. The second-order valence-electron chi connectivity index (χ2n) is 15.3. The lowest BCUT2D eigenvalue weighted by atomic mass is 9.88. The van der Waals surface area contributed by atoms with Gasteiger partial charge in [0.15, 0.2) is 17.5 Å². The number of benzene rings is 10. The van der Waals surface area contributed by atoms with Crippen molar-refractivity contribution >= 4 is 64.9 Å². The molecule has 2 aromatic heterocycles. The van der Waals surface area contributed by atoms with Crippen molar-refractivity contribution in [2.24, 2.45) is 0 Å². The van der Waals surface area contributed by atoms with Crippen molar-refractivity contribution in [1.29, 1.82) is 0 Å². The molecule has 10 aromatic carbocycles. The van der Waals surface area contributed by atoms with E-state index in [2.05, 4.69) is 180 Å². The van der Waals surface area contributed by atoms with E-state index in [0.29, 0.717) is 17.5 Å². The van der Waals surface area contributed by atoms with Gasteiger partial charge in [0.25, 0.3) is 0 Å². The second-order valence-corrected chi connectivity index (χ2v) is 15.3. The number of hydrogen-bond acceptors (Lipinski definition) is 5. The molecule has 278 valence electrons. The highest BCUT2D eigenvalue weighted by molar-refractivity contribution is 6.16. The third kappa shape index (κ3) is 5.75. The highest BCUT2D eigenvalue weighted by Gasteiger charge is 2.18. The maximum absolute atomic E-state index is 5.31. The first-order chi connectivity index (χ1) is 29.7. The van der Waals surface area contributed by atoms with Gasteiger partial charge in [-0.1, -0.05) is 140 Å². The lowest BCUT2D eigenvalue weighted by Gasteiger charge is -2.16. The zero-order valence-electron chi connectivity index (χ0n) is 32.3. The molecular formula is C55H33N5. The molecule has 5 nitrogen and oxygen atoms in total. The van der Waals surface area contributed by atoms with Gasteiger partial charge in [-0.15, -0.1) is 0 Å². The van der Waals surface area contributed by atoms with Crippen LogP contribution in [0.25, 0.3) is 121 Å². The Morgan fingerprint density at radius 1 is 0.250 bits per heavy atom. The van der Waals surface area contributed by atoms with E-state index in [9.17, 15) is 0 Å². The van der Waals surface area contributed by atoms with Gasteiger partial charge in [-0.25, -0.2) is 15.0 Å². The van der Waals surface area contributed by atoms with Gasteiger partial charge < -0.3 is 0 Å². The first-order valence-corrected chi connectivity index (χ1v) is 20.1. The molecule has 12 aromatic rings. The SMILES string of the molecule is c1ccc(-c2nc(-c3cc(-c4cc5ccccc5c5ccccc45)cc(-c4cc5ccccc5c5ccccc45)c3)nc(-c3ccc4cc5nccnc5cc4c3)n2)cc1. The minimum absolute atomic E-state index is 0.597. The van der Waals surface area contributed by atoms with Crippen LogP contribution in [0.2, 0.25) is 0 Å². The average Bonchev–Trinajstić information content (AvgIpc) is 3.32. The van der Waals surface area contributed by atoms with Crippen LogP contribution >= 0.6 is 0 Å². The molecule has 60 heavy (non-hydrogen) atoms. The Morgan fingerprint density at radius 2 is 0.700 bits per heavy atom. The van der Waals surface area contributed by atoms with Gasteiger partial charge >= 0.3 is 0 Å². The fourth-order valence-corrected chi connectivity index (χ4v) is 8.85. The largest absolute Gasteiger partial charge is 0.253 e. The molecule has 0 saturated heterocycles. The van der Waals surface area contributed by atoms with Crippen molar-refractivity contribution in [1.82, 2.24) is 24.9 Å². The molecule has 0 amide bonds. The molecule has 0 bridgehead atoms. The Morgan fingerprint density at radius 3 is 1.28 bits per heavy atom. The predicted octanol–water partition coefficient (Wildman–Crippen LogP) is 13.9. The average molecular weight is 764 g/mol. The summed E-state index contributed by atoms with van der Waals surface area (Å²) in [7, 11) is 0. The van der Waals surface area contributed by atoms with Crippen LogP contribution in [0.3, 0.4) is 0 Å². The summed E-state index contributed by atoms with van der Waals surface area (Å²) in [6.45, 7) is 0. The quantitative estimate of drug-likeness (QED) is 0.129. The summed E-state index contributed by atoms with van der Waals surface area (Å²) in [5.74, 6) is 1.81. The van der Waals surface area contributed by atoms with E-state index in [1.54, 1.807) is 12.4 Å². The Bertz CT molecular complexity index is 3540. The van der Waals surface area contributed by atoms with Crippen molar-refractivity contribution < 1.29 is 0 Å². The molecule has 0 fully saturated rings. The van der Waals surface area contributed by atoms with E-state index in [4.69, 9.17) is 15.0 Å². The van der Waals surface area contributed by atoms with Crippen LogP contribution in [-0.4, -0.2) is 24.9 Å². The van der Waals surface area contributed by atoms with Gasteiger partial charge in [0.05, 0.1) is 11.0 Å². The van der Waals surface area contributed by atoms with E-state index in [1.807, 2.05) is 18.2 Å². The Labute approximate surface area is 345 Å². The normalized spacial score (nSPS) is 11.7. The molecule has 0 saturated carbocycles. The molecule has 0 N–H and O–H groups in total. The molecule has 0 aliphatic heterocycles. The first kappa shape index (κ1) is 33.9. The summed E-state index contributed by atoms with van der Waals surface area (Å²) in [6.07, 6.45) is 3.46. The van der Waals surface area contributed by atoms with Crippen molar-refractivity contribution in [2.45, 2.75) is 0 Å². The van der Waals surface area contributed by atoms with Crippen LogP contribution < -0.4 is 0 Å². The first-order valence-electron chi connectivity index (χ1n) is 20.1. The number of hydrogen-bond donors (Lipinski definition) is 0. The summed E-state index contributed by atoms with van der Waals surface area (Å²) in [5, 5.41) is 11.8. The van der Waals surface area contributed by atoms with Crippen molar-refractivity contribution in [3.8, 4) is 56.4 Å². The van der Waals surface area contributed by atoms with E-state index in [0.717, 1.165) is 60.8 Å². The molecule has 5 heteroatoms. The van der Waals surface area contributed by atoms with Gasteiger partial charge in [-0.3, -0.25) is 9.97 Å². The standard InChI is InChI=1S/C55H33N5/c1-2-12-34(13-3-1)53-58-54(38-23-22-35-32-51-52(33-39(35)26-38)57-25-24-56-51)60-55(59-53)42-28-40(49-30-36-14-4-6-16-43(36)45-18-8-10-20-47(45)49)27-41(29-42)50-31-37-15-5-7-17-44(37)46-19-9-11-21-48(46)50/h1-33H. The highest BCUT2D eigenvalue weighted by atomic mass is 15.0. The highest BCUT2D eigenvalue weighted by Crippen LogP contribution is 2.42. The lowest BCUT2D eigenvalue weighted by molar-refractivity contribution is 1.07. The number of aromatic nitrogens is 5. The third-order valence-corrected chi connectivity index (χ3v) is 11.7. The number of nitrogens with zero attached hydrogens (tertiary/aromatic N) is 5. The van der Waals surface area contributed by atoms with Crippen molar-refractivity contribution in [2.75, 3.05) is 0 Å². The zero-order chi connectivity index (χ0) is 39.6. The summed E-state index contributed by atoms with van der Waals surface area (Å²) in [4.78, 5) is 24.8. The topological polar surface area (TPSA) is 64.5 Å². The molecule has 0 unspecified atom stereocenters. The maximum atomic E-state index is 5.31. The Kier molecular flexibility index (Phi) is 7.78. The van der Waals surface area contributed by atoms with E-state index in [-0.39, 0.29) is 0 Å². The predicted molar refractivity (Wildman–Crippen MR) is 248 cm³/mol. The van der Waals surface area contributed by atoms with E-state index >= 15 is 0 Å². The van der Waals surface area contributed by atoms with Gasteiger partial charge in [0, 0.05) is 29.1 Å².